The van der Waals surface area contributed by atoms with E-state index in [1.165, 1.54) is 50.4 Å². The van der Waals surface area contributed by atoms with E-state index in [0.717, 1.165) is 16.7 Å². The Morgan fingerprint density at radius 1 is 1.10 bits per heavy atom. The molecule has 41 heavy (non-hydrogen) atoms. The summed E-state index contributed by atoms with van der Waals surface area (Å²) in [6, 6.07) is 15.5. The van der Waals surface area contributed by atoms with Crippen LogP contribution in [0.15, 0.2) is 70.5 Å². The number of nitrogens with one attached hydrogen (secondary N) is 1. The van der Waals surface area contributed by atoms with Gasteiger partial charge in [0.1, 0.15) is 17.3 Å². The second-order valence-corrected chi connectivity index (χ2v) is 12.5. The molecule has 1 fully saturated rings. The van der Waals surface area contributed by atoms with E-state index in [1.54, 1.807) is 30.3 Å². The molecule has 0 bridgehead atoms. The first kappa shape index (κ1) is 30.7. The number of para-hydroxylation sites is 1. The number of methoxy groups -OCH3 is 1. The number of nitrogens with zero attached hydrogens (tertiary/aromatic N) is 1. The summed E-state index contributed by atoms with van der Waals surface area (Å²) in [6.07, 6.45) is 1.52. The highest BCUT2D eigenvalue weighted by molar-refractivity contribution is 14.1. The Bertz CT molecular complexity index is 1650. The number of hydrogen-bond donors (Lipinski definition) is 1. The van der Waals surface area contributed by atoms with E-state index in [4.69, 9.17) is 25.3 Å². The summed E-state index contributed by atoms with van der Waals surface area (Å²) in [5.41, 5.74) is 0.930. The minimum atomic E-state index is -4.25. The van der Waals surface area contributed by atoms with E-state index in [0.29, 0.717) is 25.6 Å². The van der Waals surface area contributed by atoms with Gasteiger partial charge in [-0.1, -0.05) is 23.7 Å². The molecule has 0 atom stereocenters. The third kappa shape index (κ3) is 7.52. The Kier molecular flexibility index (Phi) is 9.84. The molecule has 1 heterocycles. The van der Waals surface area contributed by atoms with Gasteiger partial charge in [0.25, 0.3) is 11.1 Å². The maximum Gasteiger partial charge on any atom is 0.339 e. The quantitative estimate of drug-likeness (QED) is 0.157. The minimum absolute atomic E-state index is 0.0323. The van der Waals surface area contributed by atoms with Crippen LogP contribution >= 0.6 is 46.0 Å². The van der Waals surface area contributed by atoms with Crippen molar-refractivity contribution in [2.24, 2.45) is 0 Å². The minimum Gasteiger partial charge on any atom is -0.493 e. The molecule has 3 aromatic rings. The molecule has 10 nitrogen and oxygen atoms in total. The summed E-state index contributed by atoms with van der Waals surface area (Å²) in [6.45, 7) is 1.44. The summed E-state index contributed by atoms with van der Waals surface area (Å²) >= 11 is 8.75. The van der Waals surface area contributed by atoms with E-state index in [1.807, 2.05) is 22.6 Å². The lowest BCUT2D eigenvalue weighted by atomic mass is 10.2. The van der Waals surface area contributed by atoms with Crippen LogP contribution in [-0.4, -0.2) is 50.6 Å². The predicted molar refractivity (Wildman–Crippen MR) is 164 cm³/mol. The molecule has 14 heteroatoms. The predicted octanol–water partition coefficient (Wildman–Crippen LogP) is 5.79. The number of rotatable bonds is 10. The molecular weight excluding hydrogens is 707 g/mol. The van der Waals surface area contributed by atoms with Crippen LogP contribution in [0.4, 0.5) is 10.5 Å². The highest BCUT2D eigenvalue weighted by Crippen LogP contribution is 2.38. The number of thioether (sulfide) groups is 1. The molecular formula is C27H22ClIN2O8S2. The largest absolute Gasteiger partial charge is 0.493 e. The van der Waals surface area contributed by atoms with Gasteiger partial charge in [-0.3, -0.25) is 19.3 Å². The van der Waals surface area contributed by atoms with Crippen molar-refractivity contribution >= 4 is 84.9 Å². The van der Waals surface area contributed by atoms with Crippen molar-refractivity contribution in [3.05, 3.63) is 79.7 Å². The molecule has 0 aromatic heterocycles. The zero-order valence-corrected chi connectivity index (χ0v) is 26.1. The summed E-state index contributed by atoms with van der Waals surface area (Å²) in [7, 11) is -2.90. The van der Waals surface area contributed by atoms with Gasteiger partial charge < -0.3 is 19.0 Å². The summed E-state index contributed by atoms with van der Waals surface area (Å²) in [5.74, 6) is -0.259. The first-order valence-electron chi connectivity index (χ1n) is 11.8. The van der Waals surface area contributed by atoms with Gasteiger partial charge in [-0.15, -0.1) is 0 Å². The monoisotopic (exact) mass is 728 g/mol. The normalized spacial score (nSPS) is 14.3. The number of hydrogen-bond acceptors (Lipinski definition) is 9. The van der Waals surface area contributed by atoms with Crippen LogP contribution in [-0.2, 0) is 19.7 Å². The summed E-state index contributed by atoms with van der Waals surface area (Å²) in [5, 5.41) is 2.54. The third-order valence-corrected chi connectivity index (χ3v) is 8.75. The Morgan fingerprint density at radius 2 is 1.80 bits per heavy atom. The Balaban J connectivity index is 1.49. The van der Waals surface area contributed by atoms with Crippen molar-refractivity contribution in [1.29, 1.82) is 0 Å². The molecule has 1 saturated heterocycles. The number of anilines is 1. The Hall–Kier alpha value is -3.27. The molecule has 1 aliphatic heterocycles. The topological polar surface area (TPSA) is 128 Å². The number of ether oxygens (including phenoxy) is 2. The molecule has 0 spiro atoms. The Labute approximate surface area is 259 Å². The first-order valence-corrected chi connectivity index (χ1v) is 15.5. The fourth-order valence-electron chi connectivity index (χ4n) is 3.62. The van der Waals surface area contributed by atoms with E-state index < -0.39 is 21.3 Å². The highest BCUT2D eigenvalue weighted by Gasteiger charge is 2.35. The SMILES string of the molecule is COc1cc(/C=C2\SC(=O)N(CCOc3ccccc3Cl)C2=O)cc(I)c1OS(=O)(=O)c1ccc(NC(C)=O)cc1. The maximum absolute atomic E-state index is 12.9. The summed E-state index contributed by atoms with van der Waals surface area (Å²) < 4.78 is 42.7. The second kappa shape index (κ2) is 13.1. The van der Waals surface area contributed by atoms with Crippen LogP contribution in [0.3, 0.4) is 0 Å². The molecule has 0 radical (unpaired) electrons. The fourth-order valence-corrected chi connectivity index (χ4v) is 6.52. The molecule has 1 aliphatic rings. The van der Waals surface area contributed by atoms with Gasteiger partial charge in [-0.2, -0.15) is 8.42 Å². The Morgan fingerprint density at radius 3 is 2.46 bits per heavy atom. The van der Waals surface area contributed by atoms with Crippen molar-refractivity contribution < 1.29 is 36.5 Å². The number of benzene rings is 3. The van der Waals surface area contributed by atoms with E-state index >= 15 is 0 Å². The van der Waals surface area contributed by atoms with Crippen LogP contribution in [0.1, 0.15) is 12.5 Å². The average Bonchev–Trinajstić information content (AvgIpc) is 3.18. The third-order valence-electron chi connectivity index (χ3n) is 5.49. The number of amides is 3. The average molecular weight is 729 g/mol. The van der Waals surface area contributed by atoms with Crippen molar-refractivity contribution in [1.82, 2.24) is 4.90 Å². The molecule has 3 amide bonds. The van der Waals surface area contributed by atoms with Gasteiger partial charge >= 0.3 is 10.1 Å². The van der Waals surface area contributed by atoms with Crippen LogP contribution in [0.25, 0.3) is 6.08 Å². The maximum atomic E-state index is 12.9. The first-order chi connectivity index (χ1) is 19.5. The fraction of sp³-hybridized carbons (Fsp3) is 0.148. The van der Waals surface area contributed by atoms with Gasteiger partial charge in [0.2, 0.25) is 5.91 Å². The van der Waals surface area contributed by atoms with Gasteiger partial charge in [0.15, 0.2) is 11.5 Å². The smallest absolute Gasteiger partial charge is 0.339 e. The second-order valence-electron chi connectivity index (χ2n) is 8.39. The number of halogens is 2. The molecule has 3 aromatic carbocycles. The standard InChI is InChI=1S/C27H22ClIN2O8S2/c1-16(32)30-18-7-9-19(10-8-18)41(35,36)39-25-21(29)13-17(14-23(25)37-2)15-24-26(33)31(27(34)40-24)11-12-38-22-6-4-3-5-20(22)28/h3-10,13-15H,11-12H2,1-2H3,(H,30,32)/b24-15-. The lowest BCUT2D eigenvalue weighted by Gasteiger charge is -2.14. The van der Waals surface area contributed by atoms with E-state index in [2.05, 4.69) is 5.32 Å². The van der Waals surface area contributed by atoms with Gasteiger partial charge in [-0.05, 0) is 94.5 Å². The molecule has 4 rings (SSSR count). The van der Waals surface area contributed by atoms with Crippen molar-refractivity contribution in [3.8, 4) is 17.2 Å². The van der Waals surface area contributed by atoms with E-state index in [9.17, 15) is 22.8 Å². The molecule has 0 saturated carbocycles. The molecule has 0 aliphatic carbocycles. The highest BCUT2D eigenvalue weighted by atomic mass is 127. The molecule has 0 unspecified atom stereocenters. The van der Waals surface area contributed by atoms with Crippen molar-refractivity contribution in [3.63, 3.8) is 0 Å². The van der Waals surface area contributed by atoms with Gasteiger partial charge in [0.05, 0.1) is 27.2 Å². The van der Waals surface area contributed by atoms with E-state index in [-0.39, 0.29) is 40.4 Å². The zero-order chi connectivity index (χ0) is 29.7. The van der Waals surface area contributed by atoms with Crippen molar-refractivity contribution in [2.45, 2.75) is 11.8 Å². The zero-order valence-electron chi connectivity index (χ0n) is 21.6. The van der Waals surface area contributed by atoms with Crippen LogP contribution in [0, 0.1) is 3.57 Å². The van der Waals surface area contributed by atoms with Crippen LogP contribution in [0.5, 0.6) is 17.2 Å². The summed E-state index contributed by atoms with van der Waals surface area (Å²) in [4.78, 5) is 37.8. The molecule has 214 valence electrons. The van der Waals surface area contributed by atoms with Gasteiger partial charge in [-0.25, -0.2) is 0 Å². The lowest BCUT2D eigenvalue weighted by molar-refractivity contribution is -0.123. The molecule has 1 N–H and O–H groups in total. The lowest BCUT2D eigenvalue weighted by Crippen LogP contribution is -2.32. The van der Waals surface area contributed by atoms with Crippen LogP contribution in [0.2, 0.25) is 5.02 Å². The van der Waals surface area contributed by atoms with Gasteiger partial charge in [0, 0.05) is 12.6 Å². The number of carbonyl (C=O) groups is 3. The number of carbonyl (C=O) groups excluding carboxylic acids is 3. The van der Waals surface area contributed by atoms with Crippen LogP contribution < -0.4 is 19.0 Å². The number of imide groups is 1. The van der Waals surface area contributed by atoms with Crippen molar-refractivity contribution in [2.75, 3.05) is 25.6 Å².